The third-order valence-corrected chi connectivity index (χ3v) is 6.27. The third kappa shape index (κ3) is 3.73. The van der Waals surface area contributed by atoms with E-state index in [4.69, 9.17) is 9.15 Å². The molecular weight excluding hydrogens is 348 g/mol. The highest BCUT2D eigenvalue weighted by Crippen LogP contribution is 2.55. The quantitative estimate of drug-likeness (QED) is 0.790. The summed E-state index contributed by atoms with van der Waals surface area (Å²) in [7, 11) is 0. The molecule has 0 radical (unpaired) electrons. The van der Waals surface area contributed by atoms with Gasteiger partial charge >= 0.3 is 12.0 Å². The minimum absolute atomic E-state index is 0.165. The number of esters is 1. The molecule has 0 unspecified atom stereocenters. The van der Waals surface area contributed by atoms with Crippen molar-refractivity contribution in [3.05, 3.63) is 23.2 Å². The molecule has 4 aliphatic carbocycles. The maximum Gasteiger partial charge on any atom is 0.342 e. The summed E-state index contributed by atoms with van der Waals surface area (Å²) in [5.41, 5.74) is 0.125. The van der Waals surface area contributed by atoms with Gasteiger partial charge in [0.05, 0.1) is 0 Å². The number of hydrogen-bond donors (Lipinski definition) is 2. The van der Waals surface area contributed by atoms with E-state index in [0.29, 0.717) is 34.8 Å². The van der Waals surface area contributed by atoms with Gasteiger partial charge in [-0.05, 0) is 76.2 Å². The van der Waals surface area contributed by atoms with Crippen LogP contribution in [0.1, 0.15) is 60.4 Å². The monoisotopic (exact) mass is 374 g/mol. The van der Waals surface area contributed by atoms with Gasteiger partial charge in [0.25, 0.3) is 5.91 Å². The Morgan fingerprint density at radius 2 is 1.70 bits per heavy atom. The van der Waals surface area contributed by atoms with Crippen LogP contribution in [0.15, 0.2) is 10.5 Å². The molecule has 7 nitrogen and oxygen atoms in total. The summed E-state index contributed by atoms with van der Waals surface area (Å²) in [5.74, 6) is 1.88. The average Bonchev–Trinajstić information content (AvgIpc) is 2.89. The average molecular weight is 374 g/mol. The summed E-state index contributed by atoms with van der Waals surface area (Å²) < 4.78 is 10.3. The summed E-state index contributed by atoms with van der Waals surface area (Å²) in [4.78, 5) is 36.3. The number of imide groups is 1. The Hall–Kier alpha value is -2.31. The highest BCUT2D eigenvalue weighted by atomic mass is 16.5. The molecule has 1 heterocycles. The van der Waals surface area contributed by atoms with E-state index < -0.39 is 24.5 Å². The van der Waals surface area contributed by atoms with Crippen molar-refractivity contribution in [3.63, 3.8) is 0 Å². The van der Waals surface area contributed by atoms with Crippen LogP contribution in [0.3, 0.4) is 0 Å². The van der Waals surface area contributed by atoms with E-state index in [-0.39, 0.29) is 5.54 Å². The van der Waals surface area contributed by atoms with E-state index >= 15 is 0 Å². The fraction of sp³-hybridized carbons (Fsp3) is 0.650. The zero-order chi connectivity index (χ0) is 19.2. The number of carbonyl (C=O) groups is 3. The minimum Gasteiger partial charge on any atom is -0.466 e. The van der Waals surface area contributed by atoms with Crippen LogP contribution < -0.4 is 10.6 Å². The van der Waals surface area contributed by atoms with Crippen molar-refractivity contribution >= 4 is 17.9 Å². The number of nitrogens with one attached hydrogen (secondary N) is 2. The van der Waals surface area contributed by atoms with Gasteiger partial charge in [0.2, 0.25) is 0 Å². The van der Waals surface area contributed by atoms with Crippen LogP contribution in [0.25, 0.3) is 0 Å². The largest absolute Gasteiger partial charge is 0.466 e. The van der Waals surface area contributed by atoms with Gasteiger partial charge in [0, 0.05) is 5.54 Å². The predicted molar refractivity (Wildman–Crippen MR) is 96.0 cm³/mol. The molecule has 0 atom stereocenters. The van der Waals surface area contributed by atoms with Crippen LogP contribution in [0.4, 0.5) is 4.79 Å². The van der Waals surface area contributed by atoms with E-state index in [1.54, 1.807) is 19.9 Å². The molecule has 4 aliphatic rings. The number of carbonyl (C=O) groups excluding carboxylic acids is 3. The molecule has 4 fully saturated rings. The van der Waals surface area contributed by atoms with Crippen LogP contribution >= 0.6 is 0 Å². The van der Waals surface area contributed by atoms with Crippen LogP contribution in [0.5, 0.6) is 0 Å². The van der Waals surface area contributed by atoms with Gasteiger partial charge in [-0.1, -0.05) is 0 Å². The molecule has 146 valence electrons. The van der Waals surface area contributed by atoms with Crippen molar-refractivity contribution in [3.8, 4) is 0 Å². The first-order valence-corrected chi connectivity index (χ1v) is 9.68. The van der Waals surface area contributed by atoms with Crippen LogP contribution in [0.2, 0.25) is 0 Å². The Labute approximate surface area is 158 Å². The summed E-state index contributed by atoms with van der Waals surface area (Å²) in [6, 6.07) is 1.07. The van der Waals surface area contributed by atoms with Crippen molar-refractivity contribution in [2.45, 2.75) is 57.9 Å². The van der Waals surface area contributed by atoms with Gasteiger partial charge in [-0.15, -0.1) is 0 Å². The molecule has 0 aromatic carbocycles. The summed E-state index contributed by atoms with van der Waals surface area (Å²) in [6.45, 7) is 2.88. The molecule has 0 saturated heterocycles. The lowest BCUT2D eigenvalue weighted by atomic mass is 9.53. The SMILES string of the molecule is Cc1cc(C(=O)OCC(=O)NC(=O)NC23CC4CC(CC(C4)C2)C3)c(C)o1. The lowest BCUT2D eigenvalue weighted by Gasteiger charge is -2.56. The topological polar surface area (TPSA) is 97.6 Å². The number of ether oxygens (including phenoxy) is 1. The first-order valence-electron chi connectivity index (χ1n) is 9.68. The third-order valence-electron chi connectivity index (χ3n) is 6.27. The zero-order valence-electron chi connectivity index (χ0n) is 15.8. The van der Waals surface area contributed by atoms with Crippen LogP contribution in [0, 0.1) is 31.6 Å². The molecule has 3 amide bonds. The van der Waals surface area contributed by atoms with Crippen molar-refractivity contribution < 1.29 is 23.5 Å². The van der Waals surface area contributed by atoms with Gasteiger partial charge in [-0.3, -0.25) is 10.1 Å². The lowest BCUT2D eigenvalue weighted by molar-refractivity contribution is -0.123. The fourth-order valence-electron chi connectivity index (χ4n) is 5.74. The second kappa shape index (κ2) is 6.69. The second-order valence-corrected chi connectivity index (χ2v) is 8.60. The normalized spacial score (nSPS) is 30.8. The molecule has 4 saturated carbocycles. The first-order chi connectivity index (χ1) is 12.8. The maximum absolute atomic E-state index is 12.3. The highest BCUT2D eigenvalue weighted by molar-refractivity contribution is 5.97. The summed E-state index contributed by atoms with van der Waals surface area (Å²) in [5, 5.41) is 5.35. The fourth-order valence-corrected chi connectivity index (χ4v) is 5.74. The molecule has 1 aromatic rings. The van der Waals surface area contributed by atoms with E-state index in [1.807, 2.05) is 0 Å². The van der Waals surface area contributed by atoms with Gasteiger partial charge in [0.1, 0.15) is 17.1 Å². The Morgan fingerprint density at radius 1 is 1.11 bits per heavy atom. The van der Waals surface area contributed by atoms with Crippen molar-refractivity contribution in [2.24, 2.45) is 17.8 Å². The van der Waals surface area contributed by atoms with Crippen LogP contribution in [-0.2, 0) is 9.53 Å². The Balaban J connectivity index is 1.27. The van der Waals surface area contributed by atoms with Crippen molar-refractivity contribution in [1.29, 1.82) is 0 Å². The van der Waals surface area contributed by atoms with Gasteiger partial charge in [-0.2, -0.15) is 0 Å². The standard InChI is InChI=1S/C20H26N2O5/c1-11-3-16(12(2)27-11)18(24)26-10-17(23)21-19(25)22-20-7-13-4-14(8-20)6-15(5-13)9-20/h3,13-15H,4-10H2,1-2H3,(H2,21,22,23,25). The Bertz CT molecular complexity index is 746. The smallest absolute Gasteiger partial charge is 0.342 e. The van der Waals surface area contributed by atoms with Gasteiger partial charge in [0.15, 0.2) is 6.61 Å². The highest BCUT2D eigenvalue weighted by Gasteiger charge is 2.51. The van der Waals surface area contributed by atoms with Crippen molar-refractivity contribution in [1.82, 2.24) is 10.6 Å². The zero-order valence-corrected chi connectivity index (χ0v) is 15.8. The molecular formula is C20H26N2O5. The van der Waals surface area contributed by atoms with E-state index in [1.165, 1.54) is 19.3 Å². The first kappa shape index (κ1) is 18.1. The predicted octanol–water partition coefficient (Wildman–Crippen LogP) is 2.85. The number of aryl methyl sites for hydroxylation is 2. The second-order valence-electron chi connectivity index (χ2n) is 8.60. The molecule has 0 spiro atoms. The summed E-state index contributed by atoms with van der Waals surface area (Å²) in [6.07, 6.45) is 6.87. The molecule has 2 N–H and O–H groups in total. The molecule has 0 aliphatic heterocycles. The maximum atomic E-state index is 12.3. The minimum atomic E-state index is -0.638. The van der Waals surface area contributed by atoms with E-state index in [9.17, 15) is 14.4 Å². The molecule has 1 aromatic heterocycles. The van der Waals surface area contributed by atoms with E-state index in [2.05, 4.69) is 10.6 Å². The molecule has 4 bridgehead atoms. The molecule has 5 rings (SSSR count). The number of amides is 3. The number of hydrogen-bond acceptors (Lipinski definition) is 5. The Kier molecular flexibility index (Phi) is 4.48. The molecule has 27 heavy (non-hydrogen) atoms. The summed E-state index contributed by atoms with van der Waals surface area (Å²) >= 11 is 0. The lowest BCUT2D eigenvalue weighted by Crippen LogP contribution is -2.62. The van der Waals surface area contributed by atoms with Crippen LogP contribution in [-0.4, -0.2) is 30.1 Å². The number of urea groups is 1. The van der Waals surface area contributed by atoms with E-state index in [0.717, 1.165) is 19.3 Å². The Morgan fingerprint density at radius 3 is 2.22 bits per heavy atom. The van der Waals surface area contributed by atoms with Gasteiger partial charge in [-0.25, -0.2) is 9.59 Å². The van der Waals surface area contributed by atoms with Gasteiger partial charge < -0.3 is 14.5 Å². The molecule has 7 heteroatoms. The number of rotatable bonds is 4. The number of furan rings is 1. The van der Waals surface area contributed by atoms with Crippen molar-refractivity contribution in [2.75, 3.05) is 6.61 Å².